The number of likely N-dealkylation sites (N-methyl/N-ethyl adjacent to an activating group) is 1. The second-order valence-electron chi connectivity index (χ2n) is 17.7. The number of nitrogens with one attached hydrogen (secondary N) is 1. The minimum absolute atomic E-state index is 0.0359. The number of aryl methyl sites for hydroxylation is 2. The highest BCUT2D eigenvalue weighted by Crippen LogP contribution is 2.41. The third kappa shape index (κ3) is 12.2. The lowest BCUT2D eigenvalue weighted by Crippen LogP contribution is -2.46. The van der Waals surface area contributed by atoms with Gasteiger partial charge in [0.1, 0.15) is 36.6 Å². The number of nitriles is 1. The van der Waals surface area contributed by atoms with Gasteiger partial charge in [0.15, 0.2) is 23.2 Å². The molecule has 66 heavy (non-hydrogen) atoms. The monoisotopic (exact) mass is 902 g/mol. The van der Waals surface area contributed by atoms with Crippen molar-refractivity contribution in [3.05, 3.63) is 82.7 Å². The summed E-state index contributed by atoms with van der Waals surface area (Å²) in [6, 6.07) is 10.2. The Labute approximate surface area is 386 Å². The Kier molecular flexibility index (Phi) is 17.3. The van der Waals surface area contributed by atoms with Crippen molar-refractivity contribution in [2.75, 3.05) is 39.9 Å². The third-order valence-electron chi connectivity index (χ3n) is 11.5. The largest absolute Gasteiger partial charge is 0.492 e. The van der Waals surface area contributed by atoms with Crippen LogP contribution >= 0.6 is 0 Å². The topological polar surface area (TPSA) is 272 Å². The lowest BCUT2D eigenvalue weighted by Gasteiger charge is -2.32. The van der Waals surface area contributed by atoms with Gasteiger partial charge >= 0.3 is 0 Å². The summed E-state index contributed by atoms with van der Waals surface area (Å²) >= 11 is 0. The van der Waals surface area contributed by atoms with Gasteiger partial charge < -0.3 is 36.9 Å². The van der Waals surface area contributed by atoms with E-state index >= 15 is 0 Å². The van der Waals surface area contributed by atoms with E-state index in [1.165, 1.54) is 11.9 Å². The molecule has 0 radical (unpaired) electrons. The van der Waals surface area contributed by atoms with E-state index in [1.54, 1.807) is 63.5 Å². The van der Waals surface area contributed by atoms with E-state index in [9.17, 15) is 29.2 Å². The van der Waals surface area contributed by atoms with Crippen molar-refractivity contribution in [1.29, 1.82) is 5.26 Å². The van der Waals surface area contributed by atoms with Crippen LogP contribution in [0.5, 0.6) is 11.5 Å². The molecule has 4 aromatic rings. The first-order valence-electron chi connectivity index (χ1n) is 22.3. The van der Waals surface area contributed by atoms with Crippen LogP contribution in [0.2, 0.25) is 0 Å². The van der Waals surface area contributed by atoms with Crippen molar-refractivity contribution < 1.29 is 33.4 Å². The minimum Gasteiger partial charge on any atom is -0.492 e. The summed E-state index contributed by atoms with van der Waals surface area (Å²) in [5.74, 6) is -2.26. The Morgan fingerprint density at radius 1 is 0.909 bits per heavy atom. The number of carbonyl (C=O) groups is 5. The molecule has 17 nitrogen and oxygen atoms in total. The van der Waals surface area contributed by atoms with Crippen LogP contribution in [0.3, 0.4) is 0 Å². The first-order chi connectivity index (χ1) is 31.4. The molecule has 0 saturated carbocycles. The van der Waals surface area contributed by atoms with Gasteiger partial charge in [0.05, 0.1) is 34.6 Å². The van der Waals surface area contributed by atoms with Crippen LogP contribution in [0.15, 0.2) is 48.8 Å². The smallest absolute Gasteiger partial charge is 0.226 e. The maximum absolute atomic E-state index is 14.8. The number of fused-ring (bicyclic) bond motifs is 5. The van der Waals surface area contributed by atoms with Crippen LogP contribution in [0.25, 0.3) is 22.5 Å². The van der Waals surface area contributed by atoms with Gasteiger partial charge in [0.2, 0.25) is 11.8 Å². The van der Waals surface area contributed by atoms with Crippen LogP contribution in [0.4, 0.5) is 0 Å². The van der Waals surface area contributed by atoms with Crippen LogP contribution in [0, 0.1) is 37.0 Å². The highest BCUT2D eigenvalue weighted by molar-refractivity contribution is 6.01. The molecular weight excluding hydrogens is 841 g/mol. The third-order valence-corrected chi connectivity index (χ3v) is 11.5. The number of ketones is 3. The normalized spacial score (nSPS) is 16.9. The molecule has 2 aromatic heterocycles. The summed E-state index contributed by atoms with van der Waals surface area (Å²) in [4.78, 5) is 90.6. The summed E-state index contributed by atoms with van der Waals surface area (Å²) in [5, 5.41) is 12.1. The maximum Gasteiger partial charge on any atom is 0.226 e. The van der Waals surface area contributed by atoms with E-state index in [2.05, 4.69) is 25.3 Å². The van der Waals surface area contributed by atoms with Crippen molar-refractivity contribution in [1.82, 2.24) is 30.2 Å². The minimum atomic E-state index is -1.25. The molecule has 350 valence electrons. The number of rotatable bonds is 17. The van der Waals surface area contributed by atoms with Crippen molar-refractivity contribution in [3.63, 3.8) is 0 Å². The van der Waals surface area contributed by atoms with E-state index in [4.69, 9.17) is 26.7 Å². The molecule has 7 N–H and O–H groups in total. The lowest BCUT2D eigenvalue weighted by atomic mass is 9.88. The van der Waals surface area contributed by atoms with Crippen molar-refractivity contribution >= 4 is 29.2 Å². The zero-order valence-corrected chi connectivity index (χ0v) is 39.0. The Balaban J connectivity index is 1.57. The van der Waals surface area contributed by atoms with Crippen molar-refractivity contribution in [2.24, 2.45) is 29.0 Å². The average molecular weight is 903 g/mol. The van der Waals surface area contributed by atoms with E-state index in [1.807, 2.05) is 32.9 Å². The van der Waals surface area contributed by atoms with Gasteiger partial charge in [-0.2, -0.15) is 5.26 Å². The Morgan fingerprint density at radius 3 is 2.09 bits per heavy atom. The number of hydrogen-bond donors (Lipinski definition) is 4. The fourth-order valence-electron chi connectivity index (χ4n) is 8.05. The molecule has 1 aliphatic rings. The number of carbonyl (C=O) groups excluding carboxylic acids is 5. The summed E-state index contributed by atoms with van der Waals surface area (Å²) in [7, 11) is 1.49. The van der Waals surface area contributed by atoms with Gasteiger partial charge in [0, 0.05) is 86.6 Å². The molecule has 0 fully saturated rings. The number of nitrogens with zero attached hydrogens (tertiary/aromatic N) is 6. The number of amides is 2. The zero-order chi connectivity index (χ0) is 48.3. The number of ether oxygens (including phenoxy) is 2. The van der Waals surface area contributed by atoms with Crippen molar-refractivity contribution in [2.45, 2.75) is 97.6 Å². The molecule has 5 rings (SSSR count). The lowest BCUT2D eigenvalue weighted by molar-refractivity contribution is -0.142. The zero-order valence-electron chi connectivity index (χ0n) is 39.0. The van der Waals surface area contributed by atoms with E-state index in [-0.39, 0.29) is 93.9 Å². The van der Waals surface area contributed by atoms with Gasteiger partial charge in [0.25, 0.3) is 0 Å². The van der Waals surface area contributed by atoms with Gasteiger partial charge in [-0.25, -0.2) is 19.9 Å². The van der Waals surface area contributed by atoms with E-state index in [0.29, 0.717) is 62.4 Å². The van der Waals surface area contributed by atoms with Crippen LogP contribution < -0.4 is 32.0 Å². The molecule has 4 atom stereocenters. The number of aromatic nitrogens is 4. The molecule has 0 saturated heterocycles. The standard InChI is InChI=1S/C49H62N10O7/c1-28-21-40(62)44(59(7)47(64)33(14-16-51)25-39(61)43-29(2)56-45(57-30(43)3)34-26-54-48(55-27-34)49(4,5)6)32-11-13-42(66-20-18-53)36(24-32)35-22-31(10-12-41(35)65-19-17-52)23-37(58-46(28)63)38(60)9-8-15-50/h10-13,22,24,26-28,33,37,44H,8-9,14,16-21,23,25,51-53H2,1-7H3,(H,58,63)/t28-,33-,37+,44+/m1/s1. The quantitative estimate of drug-likeness (QED) is 0.107. The molecule has 4 bridgehead atoms. The first-order valence-corrected chi connectivity index (χ1v) is 22.3. The summed E-state index contributed by atoms with van der Waals surface area (Å²) in [6.07, 6.45) is 2.84. The molecule has 2 aromatic carbocycles. The summed E-state index contributed by atoms with van der Waals surface area (Å²) in [5.41, 5.74) is 21.3. The van der Waals surface area contributed by atoms with E-state index in [0.717, 1.165) is 0 Å². The van der Waals surface area contributed by atoms with Crippen molar-refractivity contribution in [3.8, 4) is 40.1 Å². The Hall–Kier alpha value is -6.48. The fraction of sp³-hybridized carbons (Fsp3) is 0.469. The van der Waals surface area contributed by atoms with Crippen LogP contribution in [-0.2, 0) is 31.0 Å². The molecule has 1 aliphatic heterocycles. The Morgan fingerprint density at radius 2 is 1.52 bits per heavy atom. The number of hydrogen-bond acceptors (Lipinski definition) is 15. The van der Waals surface area contributed by atoms with Gasteiger partial charge in [-0.3, -0.25) is 24.0 Å². The predicted octanol–water partition coefficient (Wildman–Crippen LogP) is 4.44. The van der Waals surface area contributed by atoms with Gasteiger partial charge in [-0.05, 0) is 68.6 Å². The number of nitrogens with two attached hydrogens (primary N) is 3. The second kappa shape index (κ2) is 22.6. The summed E-state index contributed by atoms with van der Waals surface area (Å²) in [6.45, 7) is 11.8. The molecule has 0 spiro atoms. The van der Waals surface area contributed by atoms with E-state index < -0.39 is 41.5 Å². The Bertz CT molecular complexity index is 2440. The molecule has 2 amide bonds. The molecular formula is C49H62N10O7. The first kappa shape index (κ1) is 50.5. The maximum atomic E-state index is 14.8. The number of Topliss-reactive ketones (excluding diaryl/α,β-unsaturated/α-hetero) is 3. The predicted molar refractivity (Wildman–Crippen MR) is 248 cm³/mol. The molecule has 17 heteroatoms. The van der Waals surface area contributed by atoms with Gasteiger partial charge in [-0.1, -0.05) is 39.8 Å². The van der Waals surface area contributed by atoms with Crippen LogP contribution in [0.1, 0.15) is 105 Å². The van der Waals surface area contributed by atoms with Crippen LogP contribution in [-0.4, -0.2) is 99.9 Å². The summed E-state index contributed by atoms with van der Waals surface area (Å²) < 4.78 is 12.2. The fourth-order valence-corrected chi connectivity index (χ4v) is 8.05. The molecule has 0 aliphatic carbocycles. The van der Waals surface area contributed by atoms with Gasteiger partial charge in [-0.15, -0.1) is 0 Å². The average Bonchev–Trinajstić information content (AvgIpc) is 3.28. The second-order valence-corrected chi connectivity index (χ2v) is 17.7. The highest BCUT2D eigenvalue weighted by Gasteiger charge is 2.36. The highest BCUT2D eigenvalue weighted by atomic mass is 16.5. The number of benzene rings is 2. The SMILES string of the molecule is Cc1nc(-c2cnc(C(C)(C)C)nc2)nc(C)c1C(=O)C[C@@H](CCN)C(=O)N(C)[C@@H]1C(=O)C[C@@H](C)C(=O)N[C@H](C(=O)CCC#N)Cc2ccc(OCCN)c(c2)-c2cc1ccc2OCCN. The molecule has 3 heterocycles. The molecule has 0 unspecified atom stereocenters.